The number of nitrogens with one attached hydrogen (secondary N) is 1. The smallest absolute Gasteiger partial charge is 0.241 e. The lowest BCUT2D eigenvalue weighted by molar-refractivity contribution is 0.572. The van der Waals surface area contributed by atoms with Crippen LogP contribution >= 0.6 is 11.6 Å². The molecule has 6 nitrogen and oxygen atoms in total. The molecule has 0 radical (unpaired) electrons. The van der Waals surface area contributed by atoms with Gasteiger partial charge in [0.2, 0.25) is 10.0 Å². The molecule has 1 heterocycles. The summed E-state index contributed by atoms with van der Waals surface area (Å²) in [5, 5.41) is 0.295. The Morgan fingerprint density at radius 3 is 2.85 bits per heavy atom. The molecule has 3 N–H and O–H groups in total. The molecular weight excluding hydrogens is 300 g/mol. The van der Waals surface area contributed by atoms with Crippen LogP contribution in [0.5, 0.6) is 0 Å². The van der Waals surface area contributed by atoms with E-state index in [2.05, 4.69) is 9.71 Å². The van der Waals surface area contributed by atoms with Gasteiger partial charge in [0.25, 0.3) is 0 Å². The summed E-state index contributed by atoms with van der Waals surface area (Å²) < 4.78 is 28.8. The molecular formula is C12H15ClN4O2S. The van der Waals surface area contributed by atoms with E-state index in [0.29, 0.717) is 22.8 Å². The summed E-state index contributed by atoms with van der Waals surface area (Å²) in [5.41, 5.74) is 6.58. The van der Waals surface area contributed by atoms with E-state index in [-0.39, 0.29) is 11.4 Å². The zero-order valence-corrected chi connectivity index (χ0v) is 12.4. The van der Waals surface area contributed by atoms with Gasteiger partial charge in [-0.05, 0) is 24.6 Å². The molecule has 0 fully saturated rings. The first-order valence-corrected chi connectivity index (χ1v) is 7.77. The first-order chi connectivity index (χ1) is 9.40. The van der Waals surface area contributed by atoms with Crippen molar-refractivity contribution >= 4 is 27.3 Å². The van der Waals surface area contributed by atoms with Crippen molar-refractivity contribution in [2.75, 3.05) is 12.3 Å². The summed E-state index contributed by atoms with van der Waals surface area (Å²) in [6, 6.07) is 2.92. The van der Waals surface area contributed by atoms with Gasteiger partial charge in [-0.2, -0.15) is 0 Å². The number of sulfonamides is 1. The molecule has 0 amide bonds. The van der Waals surface area contributed by atoms with E-state index in [1.807, 2.05) is 0 Å². The maximum absolute atomic E-state index is 12.2. The lowest BCUT2D eigenvalue weighted by atomic mass is 10.2. The Hall–Kier alpha value is -1.57. The van der Waals surface area contributed by atoms with Crippen molar-refractivity contribution < 1.29 is 8.42 Å². The predicted octanol–water partition coefficient (Wildman–Crippen LogP) is 1.41. The number of halogens is 1. The minimum absolute atomic E-state index is 0.105. The number of benzene rings is 1. The van der Waals surface area contributed by atoms with Crippen LogP contribution in [0.3, 0.4) is 0 Å². The summed E-state index contributed by atoms with van der Waals surface area (Å²) in [5.74, 6) is 0. The topological polar surface area (TPSA) is 90.0 Å². The third-order valence-corrected chi connectivity index (χ3v) is 4.68. The summed E-state index contributed by atoms with van der Waals surface area (Å²) >= 11 is 5.86. The highest BCUT2D eigenvalue weighted by Gasteiger charge is 2.18. The molecule has 108 valence electrons. The minimum atomic E-state index is -3.64. The fourth-order valence-corrected chi connectivity index (χ4v) is 3.37. The SMILES string of the molecule is Cc1c(N)cc(Cl)cc1S(=O)(=O)NCCn1ccnc1. The van der Waals surface area contributed by atoms with Crippen LogP contribution in [0.4, 0.5) is 5.69 Å². The Labute approximate surface area is 122 Å². The molecule has 0 bridgehead atoms. The Morgan fingerprint density at radius 1 is 1.45 bits per heavy atom. The summed E-state index contributed by atoms with van der Waals surface area (Å²) in [7, 11) is -3.64. The quantitative estimate of drug-likeness (QED) is 0.816. The van der Waals surface area contributed by atoms with Gasteiger partial charge in [0, 0.05) is 36.2 Å². The fourth-order valence-electron chi connectivity index (χ4n) is 1.76. The molecule has 2 rings (SSSR count). The van der Waals surface area contributed by atoms with Crippen LogP contribution in [0.15, 0.2) is 35.7 Å². The van der Waals surface area contributed by atoms with Crippen LogP contribution in [-0.4, -0.2) is 24.5 Å². The number of imidazole rings is 1. The second kappa shape index (κ2) is 5.82. The van der Waals surface area contributed by atoms with Gasteiger partial charge in [-0.15, -0.1) is 0 Å². The first-order valence-electron chi connectivity index (χ1n) is 5.91. The number of anilines is 1. The van der Waals surface area contributed by atoms with Crippen LogP contribution in [0.2, 0.25) is 5.02 Å². The molecule has 0 aliphatic rings. The second-order valence-electron chi connectivity index (χ2n) is 4.32. The molecule has 1 aromatic heterocycles. The van der Waals surface area contributed by atoms with E-state index in [9.17, 15) is 8.42 Å². The van der Waals surface area contributed by atoms with Crippen molar-refractivity contribution in [2.24, 2.45) is 0 Å². The Morgan fingerprint density at radius 2 is 2.20 bits per heavy atom. The van der Waals surface area contributed by atoms with Crippen LogP contribution in [0, 0.1) is 6.92 Å². The van der Waals surface area contributed by atoms with Gasteiger partial charge in [-0.25, -0.2) is 18.1 Å². The van der Waals surface area contributed by atoms with Crippen LogP contribution in [-0.2, 0) is 16.6 Å². The fraction of sp³-hybridized carbons (Fsp3) is 0.250. The number of hydrogen-bond donors (Lipinski definition) is 2. The van der Waals surface area contributed by atoms with Gasteiger partial charge in [0.1, 0.15) is 0 Å². The summed E-state index contributed by atoms with van der Waals surface area (Å²) in [6.45, 7) is 2.40. The molecule has 0 aliphatic carbocycles. The molecule has 20 heavy (non-hydrogen) atoms. The average Bonchev–Trinajstić information content (AvgIpc) is 2.86. The monoisotopic (exact) mass is 314 g/mol. The van der Waals surface area contributed by atoms with Crippen LogP contribution in [0.1, 0.15) is 5.56 Å². The van der Waals surface area contributed by atoms with Gasteiger partial charge >= 0.3 is 0 Å². The molecule has 0 spiro atoms. The molecule has 0 aliphatic heterocycles. The summed E-state index contributed by atoms with van der Waals surface area (Å²) in [6.07, 6.45) is 5.02. The third kappa shape index (κ3) is 3.30. The predicted molar refractivity (Wildman–Crippen MR) is 78.0 cm³/mol. The molecule has 0 saturated heterocycles. The van der Waals surface area contributed by atoms with Gasteiger partial charge in [-0.1, -0.05) is 11.6 Å². The van der Waals surface area contributed by atoms with E-state index in [1.54, 1.807) is 30.2 Å². The van der Waals surface area contributed by atoms with Crippen molar-refractivity contribution in [3.8, 4) is 0 Å². The van der Waals surface area contributed by atoms with Crippen molar-refractivity contribution in [2.45, 2.75) is 18.4 Å². The minimum Gasteiger partial charge on any atom is -0.398 e. The molecule has 0 unspecified atom stereocenters. The van der Waals surface area contributed by atoms with Crippen molar-refractivity contribution in [3.63, 3.8) is 0 Å². The second-order valence-corrected chi connectivity index (χ2v) is 6.49. The number of aromatic nitrogens is 2. The number of rotatable bonds is 5. The van der Waals surface area contributed by atoms with Gasteiger partial charge < -0.3 is 10.3 Å². The van der Waals surface area contributed by atoms with E-state index in [0.717, 1.165) is 0 Å². The standard InChI is InChI=1S/C12H15ClN4O2S/c1-9-11(14)6-10(13)7-12(9)20(18,19)16-3-5-17-4-2-15-8-17/h2,4,6-8,16H,3,5,14H2,1H3. The van der Waals surface area contributed by atoms with Gasteiger partial charge in [0.15, 0.2) is 0 Å². The number of nitrogens with two attached hydrogens (primary N) is 1. The van der Waals surface area contributed by atoms with Crippen molar-refractivity contribution in [1.29, 1.82) is 0 Å². The van der Waals surface area contributed by atoms with E-state index in [4.69, 9.17) is 17.3 Å². The molecule has 1 aromatic carbocycles. The number of hydrogen-bond acceptors (Lipinski definition) is 4. The van der Waals surface area contributed by atoms with Gasteiger partial charge in [0.05, 0.1) is 11.2 Å². The van der Waals surface area contributed by atoms with Crippen LogP contribution in [0.25, 0.3) is 0 Å². The maximum Gasteiger partial charge on any atom is 0.241 e. The highest BCUT2D eigenvalue weighted by molar-refractivity contribution is 7.89. The average molecular weight is 315 g/mol. The van der Waals surface area contributed by atoms with Gasteiger partial charge in [-0.3, -0.25) is 0 Å². The zero-order valence-electron chi connectivity index (χ0n) is 10.9. The van der Waals surface area contributed by atoms with Crippen LogP contribution < -0.4 is 10.5 Å². The molecule has 2 aromatic rings. The first kappa shape index (κ1) is 14.8. The number of nitrogens with zero attached hydrogens (tertiary/aromatic N) is 2. The summed E-state index contributed by atoms with van der Waals surface area (Å²) in [4.78, 5) is 3.99. The van der Waals surface area contributed by atoms with Crippen molar-refractivity contribution in [1.82, 2.24) is 14.3 Å². The molecule has 0 saturated carbocycles. The lowest BCUT2D eigenvalue weighted by Crippen LogP contribution is -2.28. The maximum atomic E-state index is 12.2. The lowest BCUT2D eigenvalue weighted by Gasteiger charge is -2.11. The molecule has 8 heteroatoms. The highest BCUT2D eigenvalue weighted by Crippen LogP contribution is 2.25. The van der Waals surface area contributed by atoms with E-state index < -0.39 is 10.0 Å². The van der Waals surface area contributed by atoms with Crippen molar-refractivity contribution in [3.05, 3.63) is 41.4 Å². The van der Waals surface area contributed by atoms with E-state index >= 15 is 0 Å². The zero-order chi connectivity index (χ0) is 14.8. The molecule has 0 atom stereocenters. The Bertz CT molecular complexity index is 698. The highest BCUT2D eigenvalue weighted by atomic mass is 35.5. The normalized spacial score (nSPS) is 11.7. The Kier molecular flexibility index (Phi) is 4.32. The third-order valence-electron chi connectivity index (χ3n) is 2.88. The number of nitrogen functional groups attached to an aromatic ring is 1. The largest absolute Gasteiger partial charge is 0.398 e. The van der Waals surface area contributed by atoms with E-state index in [1.165, 1.54) is 12.1 Å². The Balaban J connectivity index is 2.14.